The lowest BCUT2D eigenvalue weighted by molar-refractivity contribution is -0.131. The van der Waals surface area contributed by atoms with Crippen LogP contribution in [0.2, 0.25) is 0 Å². The number of hydrogen-bond donors (Lipinski definition) is 1. The Morgan fingerprint density at radius 3 is 3.05 bits per heavy atom. The van der Waals surface area contributed by atoms with Gasteiger partial charge in [-0.25, -0.2) is 4.79 Å². The van der Waals surface area contributed by atoms with E-state index in [1.807, 2.05) is 11.8 Å². The smallest absolute Gasteiger partial charge is 0.328 e. The zero-order valence-corrected chi connectivity index (χ0v) is 12.8. The molecule has 1 aromatic heterocycles. The second-order valence-corrected chi connectivity index (χ2v) is 5.96. The molecular weight excluding hydrogens is 290 g/mol. The van der Waals surface area contributed by atoms with Gasteiger partial charge in [0.05, 0.1) is 11.0 Å². The van der Waals surface area contributed by atoms with Crippen LogP contribution in [0.25, 0.3) is 6.08 Å². The molecule has 21 heavy (non-hydrogen) atoms. The lowest BCUT2D eigenvalue weighted by Crippen LogP contribution is -2.43. The molecule has 1 aromatic rings. The van der Waals surface area contributed by atoms with E-state index in [2.05, 4.69) is 0 Å². The Labute approximate surface area is 127 Å². The highest BCUT2D eigenvalue weighted by Gasteiger charge is 2.25. The van der Waals surface area contributed by atoms with Crippen molar-refractivity contribution in [3.63, 3.8) is 0 Å². The summed E-state index contributed by atoms with van der Waals surface area (Å²) in [5, 5.41) is 8.60. The fourth-order valence-electron chi connectivity index (χ4n) is 2.36. The number of ether oxygens (including phenoxy) is 1. The molecule has 0 radical (unpaired) electrons. The number of thiophene rings is 1. The molecule has 2 heterocycles. The van der Waals surface area contributed by atoms with Crippen molar-refractivity contribution >= 4 is 29.3 Å². The van der Waals surface area contributed by atoms with E-state index in [9.17, 15) is 9.59 Å². The van der Waals surface area contributed by atoms with E-state index in [0.717, 1.165) is 30.3 Å². The van der Waals surface area contributed by atoms with Crippen LogP contribution in [0.4, 0.5) is 0 Å². The van der Waals surface area contributed by atoms with Crippen molar-refractivity contribution in [2.45, 2.75) is 25.9 Å². The topological polar surface area (TPSA) is 66.8 Å². The molecule has 1 amide bonds. The van der Waals surface area contributed by atoms with Crippen molar-refractivity contribution in [2.75, 3.05) is 19.7 Å². The van der Waals surface area contributed by atoms with E-state index in [0.29, 0.717) is 18.0 Å². The summed E-state index contributed by atoms with van der Waals surface area (Å²) in [5.41, 5.74) is 0. The van der Waals surface area contributed by atoms with Crippen molar-refractivity contribution < 1.29 is 19.4 Å². The first-order valence-electron chi connectivity index (χ1n) is 7.02. The molecule has 0 bridgehead atoms. The third-order valence-corrected chi connectivity index (χ3v) is 4.33. The molecule has 1 saturated heterocycles. The van der Waals surface area contributed by atoms with E-state index in [-0.39, 0.29) is 12.0 Å². The Kier molecular flexibility index (Phi) is 5.52. The highest BCUT2D eigenvalue weighted by Crippen LogP contribution is 2.22. The summed E-state index contributed by atoms with van der Waals surface area (Å²) in [6.45, 7) is 4.00. The molecular formula is C15H19NO4S. The summed E-state index contributed by atoms with van der Waals surface area (Å²) in [6.07, 6.45) is 4.65. The molecule has 0 saturated carbocycles. The number of carbonyl (C=O) groups excluding carboxylic acids is 1. The summed E-state index contributed by atoms with van der Waals surface area (Å²) >= 11 is 1.31. The van der Waals surface area contributed by atoms with Gasteiger partial charge < -0.3 is 14.7 Å². The second kappa shape index (κ2) is 7.38. The van der Waals surface area contributed by atoms with Crippen LogP contribution < -0.4 is 0 Å². The van der Waals surface area contributed by atoms with Gasteiger partial charge in [0.25, 0.3) is 5.91 Å². The summed E-state index contributed by atoms with van der Waals surface area (Å²) in [4.78, 5) is 26.1. The predicted octanol–water partition coefficient (Wildman–Crippen LogP) is 2.49. The van der Waals surface area contributed by atoms with Crippen LogP contribution in [0.5, 0.6) is 0 Å². The molecule has 2 rings (SSSR count). The SMILES string of the molecule is CCOC1CCCN(C(=O)c2ccc(C=CC(=O)O)s2)C1. The lowest BCUT2D eigenvalue weighted by Gasteiger charge is -2.32. The molecule has 1 N–H and O–H groups in total. The summed E-state index contributed by atoms with van der Waals surface area (Å²) in [6, 6.07) is 3.51. The molecule has 1 aliphatic heterocycles. The number of carbonyl (C=O) groups is 2. The number of hydrogen-bond acceptors (Lipinski definition) is 4. The molecule has 114 valence electrons. The average molecular weight is 309 g/mol. The van der Waals surface area contributed by atoms with Gasteiger partial charge in [0, 0.05) is 30.6 Å². The van der Waals surface area contributed by atoms with Crippen LogP contribution in [0.15, 0.2) is 18.2 Å². The molecule has 5 nitrogen and oxygen atoms in total. The third-order valence-electron chi connectivity index (χ3n) is 3.30. The van der Waals surface area contributed by atoms with Crippen molar-refractivity contribution in [2.24, 2.45) is 0 Å². The van der Waals surface area contributed by atoms with Gasteiger partial charge in [-0.3, -0.25) is 4.79 Å². The van der Waals surface area contributed by atoms with Gasteiger partial charge in [-0.05, 0) is 38.0 Å². The first kappa shape index (κ1) is 15.7. The minimum Gasteiger partial charge on any atom is -0.478 e. The van der Waals surface area contributed by atoms with Gasteiger partial charge >= 0.3 is 5.97 Å². The summed E-state index contributed by atoms with van der Waals surface area (Å²) < 4.78 is 5.60. The molecule has 1 aliphatic rings. The van der Waals surface area contributed by atoms with Gasteiger partial charge in [-0.2, -0.15) is 0 Å². The maximum atomic E-state index is 12.4. The molecule has 0 aliphatic carbocycles. The molecule has 1 fully saturated rings. The maximum absolute atomic E-state index is 12.4. The number of carboxylic acids is 1. The predicted molar refractivity (Wildman–Crippen MR) is 81.5 cm³/mol. The fraction of sp³-hybridized carbons (Fsp3) is 0.467. The normalized spacial score (nSPS) is 19.1. The van der Waals surface area contributed by atoms with Crippen molar-refractivity contribution in [3.8, 4) is 0 Å². The second-order valence-electron chi connectivity index (χ2n) is 4.84. The molecule has 1 unspecified atom stereocenters. The van der Waals surface area contributed by atoms with E-state index < -0.39 is 5.97 Å². The number of piperidine rings is 1. The van der Waals surface area contributed by atoms with E-state index >= 15 is 0 Å². The molecule has 6 heteroatoms. The Hall–Kier alpha value is -1.66. The first-order chi connectivity index (χ1) is 10.1. The van der Waals surface area contributed by atoms with Gasteiger partial charge in [0.1, 0.15) is 0 Å². The number of likely N-dealkylation sites (tertiary alicyclic amines) is 1. The number of rotatable bonds is 5. The van der Waals surface area contributed by atoms with Crippen molar-refractivity contribution in [1.29, 1.82) is 0 Å². The van der Waals surface area contributed by atoms with Gasteiger partial charge in [0.2, 0.25) is 0 Å². The lowest BCUT2D eigenvalue weighted by atomic mass is 10.1. The van der Waals surface area contributed by atoms with Crippen LogP contribution in [-0.2, 0) is 9.53 Å². The fourth-order valence-corrected chi connectivity index (χ4v) is 3.24. The average Bonchev–Trinajstić information content (AvgIpc) is 2.94. The van der Waals surface area contributed by atoms with E-state index in [1.165, 1.54) is 17.4 Å². The van der Waals surface area contributed by atoms with E-state index in [4.69, 9.17) is 9.84 Å². The van der Waals surface area contributed by atoms with Crippen molar-refractivity contribution in [1.82, 2.24) is 4.90 Å². The van der Waals surface area contributed by atoms with Crippen LogP contribution in [0, 0.1) is 0 Å². The Morgan fingerprint density at radius 2 is 2.33 bits per heavy atom. The summed E-state index contributed by atoms with van der Waals surface area (Å²) in [5.74, 6) is -0.994. The Morgan fingerprint density at radius 1 is 1.52 bits per heavy atom. The number of nitrogens with zero attached hydrogens (tertiary/aromatic N) is 1. The maximum Gasteiger partial charge on any atom is 0.328 e. The van der Waals surface area contributed by atoms with Crippen LogP contribution in [0.1, 0.15) is 34.3 Å². The van der Waals surface area contributed by atoms with E-state index in [1.54, 1.807) is 12.1 Å². The zero-order valence-electron chi connectivity index (χ0n) is 11.9. The quantitative estimate of drug-likeness (QED) is 0.849. The number of carboxylic acid groups (broad SMARTS) is 1. The third kappa shape index (κ3) is 4.41. The number of amides is 1. The van der Waals surface area contributed by atoms with Crippen LogP contribution >= 0.6 is 11.3 Å². The zero-order chi connectivity index (χ0) is 15.2. The standard InChI is InChI=1S/C15H19NO4S/c1-2-20-11-4-3-9-16(10-11)15(19)13-7-5-12(21-13)6-8-14(17)18/h5-8,11H,2-4,9-10H2,1H3,(H,17,18). The minimum absolute atomic E-state index is 0.000576. The van der Waals surface area contributed by atoms with Crippen molar-refractivity contribution in [3.05, 3.63) is 28.0 Å². The van der Waals surface area contributed by atoms with Gasteiger partial charge in [-0.15, -0.1) is 11.3 Å². The molecule has 0 spiro atoms. The Bertz CT molecular complexity index is 536. The van der Waals surface area contributed by atoms with Crippen LogP contribution in [-0.4, -0.2) is 47.7 Å². The van der Waals surface area contributed by atoms with Gasteiger partial charge in [0.15, 0.2) is 0 Å². The first-order valence-corrected chi connectivity index (χ1v) is 7.83. The molecule has 1 atom stereocenters. The molecule has 0 aromatic carbocycles. The summed E-state index contributed by atoms with van der Waals surface area (Å²) in [7, 11) is 0. The largest absolute Gasteiger partial charge is 0.478 e. The Balaban J connectivity index is 2.01. The van der Waals surface area contributed by atoms with Crippen LogP contribution in [0.3, 0.4) is 0 Å². The van der Waals surface area contributed by atoms with Gasteiger partial charge in [-0.1, -0.05) is 0 Å². The highest BCUT2D eigenvalue weighted by atomic mass is 32.1. The minimum atomic E-state index is -0.994. The monoisotopic (exact) mass is 309 g/mol. The number of aliphatic carboxylic acids is 1. The highest BCUT2D eigenvalue weighted by molar-refractivity contribution is 7.14.